The number of anilines is 3. The zero-order valence-electron chi connectivity index (χ0n) is 15.8. The molecule has 3 rings (SSSR count). The van der Waals surface area contributed by atoms with Gasteiger partial charge in [0.05, 0.1) is 30.8 Å². The summed E-state index contributed by atoms with van der Waals surface area (Å²) in [6.45, 7) is 3.93. The molecule has 0 fully saturated rings. The van der Waals surface area contributed by atoms with Crippen molar-refractivity contribution in [1.29, 1.82) is 0 Å². The molecular weight excluding hydrogens is 356 g/mol. The van der Waals surface area contributed by atoms with Crippen molar-refractivity contribution in [1.82, 2.24) is 9.97 Å². The van der Waals surface area contributed by atoms with Gasteiger partial charge in [0, 0.05) is 5.69 Å². The first kappa shape index (κ1) is 19.0. The van der Waals surface area contributed by atoms with Crippen LogP contribution in [0.15, 0.2) is 54.9 Å². The lowest BCUT2D eigenvalue weighted by Gasteiger charge is -2.11. The quantitative estimate of drug-likeness (QED) is 0.657. The Balaban J connectivity index is 1.74. The van der Waals surface area contributed by atoms with E-state index >= 15 is 0 Å². The van der Waals surface area contributed by atoms with E-state index in [-0.39, 0.29) is 11.6 Å². The zero-order chi connectivity index (χ0) is 20.1. The first-order valence-corrected chi connectivity index (χ1v) is 8.63. The number of para-hydroxylation sites is 1. The summed E-state index contributed by atoms with van der Waals surface area (Å²) >= 11 is 0. The summed E-state index contributed by atoms with van der Waals surface area (Å²) in [5, 5.41) is 5.86. The second-order valence-corrected chi connectivity index (χ2v) is 6.15. The minimum atomic E-state index is -0.458. The zero-order valence-corrected chi connectivity index (χ0v) is 15.8. The van der Waals surface area contributed by atoms with Gasteiger partial charge in [-0.2, -0.15) is 0 Å². The number of hydrogen-bond acceptors (Lipinski definition) is 6. The van der Waals surface area contributed by atoms with Crippen molar-refractivity contribution >= 4 is 29.1 Å². The second-order valence-electron chi connectivity index (χ2n) is 6.15. The lowest BCUT2D eigenvalue weighted by molar-refractivity contribution is 0.0601. The van der Waals surface area contributed by atoms with Gasteiger partial charge >= 0.3 is 5.97 Å². The van der Waals surface area contributed by atoms with E-state index < -0.39 is 5.97 Å². The molecule has 1 heterocycles. The number of benzene rings is 2. The highest BCUT2D eigenvalue weighted by Gasteiger charge is 2.13. The number of aryl methyl sites for hydroxylation is 1. The van der Waals surface area contributed by atoms with Gasteiger partial charge < -0.3 is 15.4 Å². The Bertz CT molecular complexity index is 1020. The van der Waals surface area contributed by atoms with Crippen molar-refractivity contribution < 1.29 is 14.3 Å². The lowest BCUT2D eigenvalue weighted by atomic mass is 10.1. The third kappa shape index (κ3) is 4.15. The molecule has 0 radical (unpaired) electrons. The van der Waals surface area contributed by atoms with Gasteiger partial charge in [-0.3, -0.25) is 4.79 Å². The Labute approximate surface area is 162 Å². The lowest BCUT2D eigenvalue weighted by Crippen LogP contribution is -2.15. The van der Waals surface area contributed by atoms with Crippen molar-refractivity contribution in [3.05, 3.63) is 77.2 Å². The largest absolute Gasteiger partial charge is 0.465 e. The summed E-state index contributed by atoms with van der Waals surface area (Å²) < 4.78 is 4.77. The summed E-state index contributed by atoms with van der Waals surface area (Å²) in [6, 6.07) is 12.6. The SMILES string of the molecule is COC(=O)c1ccccc1Nc1cnc(C(=O)Nc2cccc(C)c2C)cn1. The molecule has 1 aromatic heterocycles. The number of hydrogen-bond donors (Lipinski definition) is 2. The van der Waals surface area contributed by atoms with E-state index in [1.165, 1.54) is 19.5 Å². The highest BCUT2D eigenvalue weighted by Crippen LogP contribution is 2.21. The van der Waals surface area contributed by atoms with Crippen LogP contribution < -0.4 is 10.6 Å². The van der Waals surface area contributed by atoms with Crippen LogP contribution in [0.1, 0.15) is 32.0 Å². The number of nitrogens with zero attached hydrogens (tertiary/aromatic N) is 2. The average Bonchev–Trinajstić information content (AvgIpc) is 2.71. The van der Waals surface area contributed by atoms with Crippen LogP contribution in [0.3, 0.4) is 0 Å². The van der Waals surface area contributed by atoms with E-state index in [1.54, 1.807) is 24.3 Å². The minimum Gasteiger partial charge on any atom is -0.465 e. The normalized spacial score (nSPS) is 10.2. The van der Waals surface area contributed by atoms with Crippen molar-refractivity contribution in [2.45, 2.75) is 13.8 Å². The molecule has 2 aromatic carbocycles. The molecule has 0 unspecified atom stereocenters. The number of esters is 1. The first-order chi connectivity index (χ1) is 13.5. The molecule has 0 aliphatic heterocycles. The molecule has 7 nitrogen and oxygen atoms in total. The predicted octanol–water partition coefficient (Wildman–Crippen LogP) is 3.88. The molecule has 0 spiro atoms. The van der Waals surface area contributed by atoms with Gasteiger partial charge in [-0.05, 0) is 43.2 Å². The smallest absolute Gasteiger partial charge is 0.339 e. The Morgan fingerprint density at radius 2 is 1.68 bits per heavy atom. The van der Waals surface area contributed by atoms with E-state index in [4.69, 9.17) is 4.74 Å². The van der Waals surface area contributed by atoms with Gasteiger partial charge in [0.1, 0.15) is 11.5 Å². The van der Waals surface area contributed by atoms with Crippen LogP contribution in [0.25, 0.3) is 0 Å². The van der Waals surface area contributed by atoms with Crippen LogP contribution in [0.2, 0.25) is 0 Å². The molecule has 28 heavy (non-hydrogen) atoms. The summed E-state index contributed by atoms with van der Waals surface area (Å²) in [7, 11) is 1.32. The van der Waals surface area contributed by atoms with E-state index in [2.05, 4.69) is 20.6 Å². The van der Waals surface area contributed by atoms with Crippen molar-refractivity contribution in [3.8, 4) is 0 Å². The highest BCUT2D eigenvalue weighted by atomic mass is 16.5. The molecule has 2 N–H and O–H groups in total. The van der Waals surface area contributed by atoms with Gasteiger partial charge in [-0.25, -0.2) is 14.8 Å². The molecular formula is C21H20N4O3. The average molecular weight is 376 g/mol. The maximum atomic E-state index is 12.4. The van der Waals surface area contributed by atoms with Crippen LogP contribution in [-0.2, 0) is 4.74 Å². The molecule has 0 aliphatic rings. The topological polar surface area (TPSA) is 93.2 Å². The summed E-state index contributed by atoms with van der Waals surface area (Å²) in [5.41, 5.74) is 3.93. The molecule has 0 bridgehead atoms. The van der Waals surface area contributed by atoms with Gasteiger partial charge in [0.15, 0.2) is 0 Å². The van der Waals surface area contributed by atoms with E-state index in [9.17, 15) is 9.59 Å². The number of amides is 1. The number of nitrogens with one attached hydrogen (secondary N) is 2. The molecule has 0 aliphatic carbocycles. The van der Waals surface area contributed by atoms with Crippen LogP contribution in [0.5, 0.6) is 0 Å². The van der Waals surface area contributed by atoms with Crippen LogP contribution in [0, 0.1) is 13.8 Å². The fourth-order valence-electron chi connectivity index (χ4n) is 2.60. The van der Waals surface area contributed by atoms with Gasteiger partial charge in [-0.15, -0.1) is 0 Å². The van der Waals surface area contributed by atoms with Gasteiger partial charge in [-0.1, -0.05) is 24.3 Å². The number of ether oxygens (including phenoxy) is 1. The Morgan fingerprint density at radius 3 is 2.39 bits per heavy atom. The maximum Gasteiger partial charge on any atom is 0.339 e. The number of rotatable bonds is 5. The summed E-state index contributed by atoms with van der Waals surface area (Å²) in [4.78, 5) is 32.7. The molecule has 1 amide bonds. The number of carbonyl (C=O) groups excluding carboxylic acids is 2. The standard InChI is InChI=1S/C21H20N4O3/c1-13-7-6-10-16(14(13)2)25-20(26)18-11-23-19(12-22-18)24-17-9-5-4-8-15(17)21(27)28-3/h4-12H,1-3H3,(H,23,24)(H,25,26). The fraction of sp³-hybridized carbons (Fsp3) is 0.143. The summed E-state index contributed by atoms with van der Waals surface area (Å²) in [6.07, 6.45) is 2.82. The molecule has 142 valence electrons. The highest BCUT2D eigenvalue weighted by molar-refractivity contribution is 6.03. The Morgan fingerprint density at radius 1 is 0.929 bits per heavy atom. The molecule has 0 atom stereocenters. The van der Waals surface area contributed by atoms with Crippen molar-refractivity contribution in [3.63, 3.8) is 0 Å². The van der Waals surface area contributed by atoms with Crippen LogP contribution in [-0.4, -0.2) is 29.0 Å². The number of aromatic nitrogens is 2. The number of carbonyl (C=O) groups is 2. The second kappa shape index (κ2) is 8.30. The number of methoxy groups -OCH3 is 1. The van der Waals surface area contributed by atoms with E-state index in [0.717, 1.165) is 16.8 Å². The van der Waals surface area contributed by atoms with Gasteiger partial charge in [0.25, 0.3) is 5.91 Å². The van der Waals surface area contributed by atoms with E-state index in [1.807, 2.05) is 32.0 Å². The predicted molar refractivity (Wildman–Crippen MR) is 107 cm³/mol. The minimum absolute atomic E-state index is 0.188. The first-order valence-electron chi connectivity index (χ1n) is 8.63. The van der Waals surface area contributed by atoms with Crippen LogP contribution >= 0.6 is 0 Å². The summed E-state index contributed by atoms with van der Waals surface area (Å²) in [5.74, 6) is -0.400. The monoisotopic (exact) mass is 376 g/mol. The van der Waals surface area contributed by atoms with Gasteiger partial charge in [0.2, 0.25) is 0 Å². The van der Waals surface area contributed by atoms with Crippen molar-refractivity contribution in [2.75, 3.05) is 17.7 Å². The molecule has 0 saturated heterocycles. The molecule has 0 saturated carbocycles. The third-order valence-corrected chi connectivity index (χ3v) is 4.33. The molecule has 7 heteroatoms. The van der Waals surface area contributed by atoms with Crippen LogP contribution in [0.4, 0.5) is 17.2 Å². The van der Waals surface area contributed by atoms with E-state index in [0.29, 0.717) is 17.1 Å². The van der Waals surface area contributed by atoms with Crippen molar-refractivity contribution in [2.24, 2.45) is 0 Å². The maximum absolute atomic E-state index is 12.4. The Kier molecular flexibility index (Phi) is 5.64. The molecule has 3 aromatic rings. The third-order valence-electron chi connectivity index (χ3n) is 4.33. The Hall–Kier alpha value is -3.74. The fourth-order valence-corrected chi connectivity index (χ4v) is 2.60.